The number of aromatic hydroxyl groups is 1. The highest BCUT2D eigenvalue weighted by molar-refractivity contribution is 5.85. The van der Waals surface area contributed by atoms with Gasteiger partial charge in [-0.2, -0.15) is 0 Å². The predicted molar refractivity (Wildman–Crippen MR) is 128 cm³/mol. The van der Waals surface area contributed by atoms with E-state index in [9.17, 15) is 5.11 Å². The lowest BCUT2D eigenvalue weighted by Gasteiger charge is -2.32. The summed E-state index contributed by atoms with van der Waals surface area (Å²) in [5, 5.41) is 11.3. The number of benzene rings is 3. The molecular weight excluding hydrogens is 366 g/mol. The summed E-state index contributed by atoms with van der Waals surface area (Å²) in [6, 6.07) is 27.0. The van der Waals surface area contributed by atoms with Crippen LogP contribution in [0.3, 0.4) is 0 Å². The molecule has 0 radical (unpaired) electrons. The van der Waals surface area contributed by atoms with Gasteiger partial charge in [0.05, 0.1) is 0 Å². The Morgan fingerprint density at radius 3 is 2.03 bits per heavy atom. The van der Waals surface area contributed by atoms with E-state index in [1.54, 1.807) is 0 Å². The maximum atomic E-state index is 11.3. The first-order chi connectivity index (χ1) is 14.6. The zero-order valence-corrected chi connectivity index (χ0v) is 18.4. The lowest BCUT2D eigenvalue weighted by atomic mass is 9.70. The normalized spacial score (nSPS) is 12.9. The zero-order chi connectivity index (χ0) is 21.4. The minimum atomic E-state index is -0.469. The van der Waals surface area contributed by atoms with E-state index in [1.165, 1.54) is 19.3 Å². The SMILES string of the molecule is CCCCCC(C)N=Cc1cccc(C(C)(c2ccccc2)c2ccccc2)c1O. The first-order valence-electron chi connectivity index (χ1n) is 11.0. The third-order valence-corrected chi connectivity index (χ3v) is 6.00. The number of hydrogen-bond acceptors (Lipinski definition) is 2. The molecule has 0 aliphatic rings. The van der Waals surface area contributed by atoms with Crippen LogP contribution in [0.15, 0.2) is 83.9 Å². The van der Waals surface area contributed by atoms with Gasteiger partial charge in [-0.05, 0) is 37.5 Å². The Balaban J connectivity index is 2.01. The average molecular weight is 400 g/mol. The van der Waals surface area contributed by atoms with Crippen molar-refractivity contribution < 1.29 is 5.11 Å². The third-order valence-electron chi connectivity index (χ3n) is 6.00. The van der Waals surface area contributed by atoms with E-state index in [1.807, 2.05) is 36.5 Å². The summed E-state index contributed by atoms with van der Waals surface area (Å²) >= 11 is 0. The quantitative estimate of drug-likeness (QED) is 0.232. The van der Waals surface area contributed by atoms with Crippen LogP contribution >= 0.6 is 0 Å². The van der Waals surface area contributed by atoms with E-state index in [0.717, 1.165) is 28.7 Å². The second-order valence-electron chi connectivity index (χ2n) is 8.22. The van der Waals surface area contributed by atoms with Gasteiger partial charge in [-0.1, -0.05) is 99.0 Å². The van der Waals surface area contributed by atoms with Gasteiger partial charge in [0.15, 0.2) is 0 Å². The summed E-state index contributed by atoms with van der Waals surface area (Å²) in [5.41, 5.74) is 3.49. The molecule has 156 valence electrons. The van der Waals surface area contributed by atoms with Crippen molar-refractivity contribution in [2.75, 3.05) is 0 Å². The Bertz CT molecular complexity index is 907. The molecule has 2 nitrogen and oxygen atoms in total. The topological polar surface area (TPSA) is 32.6 Å². The summed E-state index contributed by atoms with van der Waals surface area (Å²) in [5.74, 6) is 0.303. The maximum absolute atomic E-state index is 11.3. The van der Waals surface area contributed by atoms with E-state index in [4.69, 9.17) is 4.99 Å². The van der Waals surface area contributed by atoms with Gasteiger partial charge in [-0.25, -0.2) is 0 Å². The van der Waals surface area contributed by atoms with Gasteiger partial charge in [-0.15, -0.1) is 0 Å². The molecule has 0 spiro atoms. The van der Waals surface area contributed by atoms with Gasteiger partial charge >= 0.3 is 0 Å². The molecule has 1 unspecified atom stereocenters. The fourth-order valence-electron chi connectivity index (χ4n) is 4.06. The lowest BCUT2D eigenvalue weighted by molar-refractivity contribution is 0.456. The molecule has 0 amide bonds. The van der Waals surface area contributed by atoms with Gasteiger partial charge in [-0.3, -0.25) is 4.99 Å². The van der Waals surface area contributed by atoms with Crippen molar-refractivity contribution in [2.24, 2.45) is 4.99 Å². The average Bonchev–Trinajstić information content (AvgIpc) is 2.79. The smallest absolute Gasteiger partial charge is 0.128 e. The van der Waals surface area contributed by atoms with Crippen LogP contribution in [-0.2, 0) is 5.41 Å². The van der Waals surface area contributed by atoms with E-state index in [0.29, 0.717) is 5.75 Å². The van der Waals surface area contributed by atoms with Crippen LogP contribution in [0, 0.1) is 0 Å². The van der Waals surface area contributed by atoms with Crippen molar-refractivity contribution in [1.82, 2.24) is 0 Å². The number of aliphatic imine (C=N–C) groups is 1. The number of phenolic OH excluding ortho intramolecular Hbond substituents is 1. The molecule has 1 N–H and O–H groups in total. The fourth-order valence-corrected chi connectivity index (χ4v) is 4.06. The van der Waals surface area contributed by atoms with Gasteiger partial charge in [0.25, 0.3) is 0 Å². The van der Waals surface area contributed by atoms with Gasteiger partial charge in [0.1, 0.15) is 5.75 Å². The second kappa shape index (κ2) is 10.2. The number of nitrogens with zero attached hydrogens (tertiary/aromatic N) is 1. The van der Waals surface area contributed by atoms with Gasteiger partial charge in [0, 0.05) is 28.8 Å². The van der Waals surface area contributed by atoms with E-state index < -0.39 is 5.41 Å². The summed E-state index contributed by atoms with van der Waals surface area (Å²) in [6.45, 7) is 6.54. The Kier molecular flexibility index (Phi) is 7.46. The molecule has 3 aromatic rings. The van der Waals surface area contributed by atoms with E-state index in [-0.39, 0.29) is 6.04 Å². The highest BCUT2D eigenvalue weighted by Crippen LogP contribution is 2.43. The highest BCUT2D eigenvalue weighted by Gasteiger charge is 2.33. The van der Waals surface area contributed by atoms with Crippen LogP contribution in [0.25, 0.3) is 0 Å². The standard InChI is InChI=1S/C28H33NO/c1-4-5-8-14-22(2)29-21-23-15-13-20-26(27(23)30)28(3,24-16-9-6-10-17-24)25-18-11-7-12-19-25/h6-7,9-13,15-22,30H,4-5,8,14H2,1-3H3. The largest absolute Gasteiger partial charge is 0.507 e. The van der Waals surface area contributed by atoms with Gasteiger partial charge < -0.3 is 5.11 Å². The first kappa shape index (κ1) is 21.8. The minimum absolute atomic E-state index is 0.259. The number of hydrogen-bond donors (Lipinski definition) is 1. The molecule has 2 heteroatoms. The van der Waals surface area contributed by atoms with Crippen molar-refractivity contribution in [1.29, 1.82) is 0 Å². The molecule has 0 aliphatic carbocycles. The molecule has 0 heterocycles. The molecule has 30 heavy (non-hydrogen) atoms. The first-order valence-corrected chi connectivity index (χ1v) is 11.0. The Morgan fingerprint density at radius 1 is 0.867 bits per heavy atom. The second-order valence-corrected chi connectivity index (χ2v) is 8.22. The summed E-state index contributed by atoms with van der Waals surface area (Å²) in [7, 11) is 0. The number of para-hydroxylation sites is 1. The van der Waals surface area contributed by atoms with Crippen molar-refractivity contribution in [3.05, 3.63) is 101 Å². The van der Waals surface area contributed by atoms with Crippen LogP contribution < -0.4 is 0 Å². The summed E-state index contributed by atoms with van der Waals surface area (Å²) in [6.07, 6.45) is 6.58. The van der Waals surface area contributed by atoms with Crippen molar-refractivity contribution in [3.8, 4) is 5.75 Å². The van der Waals surface area contributed by atoms with Crippen LogP contribution in [0.2, 0.25) is 0 Å². The molecular formula is C28H33NO. The van der Waals surface area contributed by atoms with Crippen molar-refractivity contribution in [3.63, 3.8) is 0 Å². The number of phenols is 1. The third kappa shape index (κ3) is 4.81. The maximum Gasteiger partial charge on any atom is 0.128 e. The minimum Gasteiger partial charge on any atom is -0.507 e. The summed E-state index contributed by atoms with van der Waals surface area (Å²) < 4.78 is 0. The van der Waals surface area contributed by atoms with Crippen LogP contribution in [0.4, 0.5) is 0 Å². The molecule has 3 rings (SSSR count). The van der Waals surface area contributed by atoms with Crippen LogP contribution in [0.5, 0.6) is 5.75 Å². The Hall–Kier alpha value is -2.87. The predicted octanol–water partition coefficient (Wildman–Crippen LogP) is 7.13. The molecule has 0 aromatic heterocycles. The number of rotatable bonds is 9. The Morgan fingerprint density at radius 2 is 1.47 bits per heavy atom. The molecule has 0 saturated heterocycles. The highest BCUT2D eigenvalue weighted by atomic mass is 16.3. The molecule has 0 saturated carbocycles. The van der Waals surface area contributed by atoms with E-state index in [2.05, 4.69) is 69.3 Å². The molecule has 0 aliphatic heterocycles. The fraction of sp³-hybridized carbons (Fsp3) is 0.321. The molecule has 1 atom stereocenters. The van der Waals surface area contributed by atoms with Gasteiger partial charge in [0.2, 0.25) is 0 Å². The molecule has 0 fully saturated rings. The zero-order valence-electron chi connectivity index (χ0n) is 18.4. The number of unbranched alkanes of at least 4 members (excludes halogenated alkanes) is 2. The van der Waals surface area contributed by atoms with Crippen LogP contribution in [-0.4, -0.2) is 17.4 Å². The lowest BCUT2D eigenvalue weighted by Crippen LogP contribution is -2.25. The van der Waals surface area contributed by atoms with Crippen molar-refractivity contribution >= 4 is 6.21 Å². The molecule has 0 bridgehead atoms. The van der Waals surface area contributed by atoms with Crippen molar-refractivity contribution in [2.45, 2.75) is 57.9 Å². The molecule has 3 aromatic carbocycles. The monoisotopic (exact) mass is 399 g/mol. The Labute approximate surface area is 181 Å². The van der Waals surface area contributed by atoms with E-state index >= 15 is 0 Å². The summed E-state index contributed by atoms with van der Waals surface area (Å²) in [4.78, 5) is 4.71. The van der Waals surface area contributed by atoms with Crippen LogP contribution in [0.1, 0.15) is 68.7 Å².